The van der Waals surface area contributed by atoms with E-state index in [-0.39, 0.29) is 12.0 Å². The molecule has 3 rings (SSSR count). The van der Waals surface area contributed by atoms with Crippen molar-refractivity contribution in [3.05, 3.63) is 24.5 Å². The number of piperazine rings is 1. The lowest BCUT2D eigenvalue weighted by Crippen LogP contribution is -2.53. The maximum absolute atomic E-state index is 12.1. The third kappa shape index (κ3) is 4.94. The van der Waals surface area contributed by atoms with E-state index in [4.69, 9.17) is 4.84 Å². The minimum absolute atomic E-state index is 0.191. The average molecular weight is 360 g/mol. The van der Waals surface area contributed by atoms with Crippen LogP contribution in [0.2, 0.25) is 0 Å². The van der Waals surface area contributed by atoms with Crippen LogP contribution in [0.5, 0.6) is 0 Å². The highest BCUT2D eigenvalue weighted by Gasteiger charge is 2.33. The molecule has 0 radical (unpaired) electrons. The zero-order valence-electron chi connectivity index (χ0n) is 15.2. The molecule has 0 spiro atoms. The van der Waals surface area contributed by atoms with Crippen molar-refractivity contribution in [1.29, 1.82) is 0 Å². The first-order valence-corrected chi connectivity index (χ1v) is 9.56. The van der Waals surface area contributed by atoms with Gasteiger partial charge in [-0.2, -0.15) is 5.48 Å². The standard InChI is InChI=1S/C19H28N4O3/c24-15-21-26-19(25)14-18(16-4-2-1-3-5-16)23-12-10-22(11-13-23)17-6-8-20-9-7-17/h6-9,15-16,18H,1-5,10-14H2,(H,21,24). The molecule has 1 unspecified atom stereocenters. The van der Waals surface area contributed by atoms with Crippen molar-refractivity contribution in [3.63, 3.8) is 0 Å². The molecule has 1 N–H and O–H groups in total. The van der Waals surface area contributed by atoms with E-state index in [9.17, 15) is 9.59 Å². The van der Waals surface area contributed by atoms with Crippen molar-refractivity contribution >= 4 is 18.1 Å². The summed E-state index contributed by atoms with van der Waals surface area (Å²) < 4.78 is 0. The number of pyridine rings is 1. The van der Waals surface area contributed by atoms with Gasteiger partial charge in [0.05, 0.1) is 6.42 Å². The lowest BCUT2D eigenvalue weighted by atomic mass is 9.81. The summed E-state index contributed by atoms with van der Waals surface area (Å²) in [5.74, 6) is 0.171. The number of anilines is 1. The fraction of sp³-hybridized carbons (Fsp3) is 0.632. The third-order valence-electron chi connectivity index (χ3n) is 5.60. The van der Waals surface area contributed by atoms with Gasteiger partial charge in [-0.3, -0.25) is 14.7 Å². The lowest BCUT2D eigenvalue weighted by molar-refractivity contribution is -0.156. The SMILES string of the molecule is O=CNOC(=O)CC(C1CCCCC1)N1CCN(c2ccncc2)CC1. The molecule has 0 bridgehead atoms. The summed E-state index contributed by atoms with van der Waals surface area (Å²) in [4.78, 5) is 36.1. The van der Waals surface area contributed by atoms with E-state index in [1.807, 2.05) is 30.0 Å². The second-order valence-corrected chi connectivity index (χ2v) is 7.11. The quantitative estimate of drug-likeness (QED) is 0.590. The van der Waals surface area contributed by atoms with Crippen LogP contribution in [-0.2, 0) is 14.4 Å². The molecule has 26 heavy (non-hydrogen) atoms. The lowest BCUT2D eigenvalue weighted by Gasteiger charge is -2.43. The smallest absolute Gasteiger partial charge is 0.333 e. The number of nitrogens with zero attached hydrogens (tertiary/aromatic N) is 3. The molecule has 2 heterocycles. The molecule has 142 valence electrons. The number of amides is 1. The Morgan fingerprint density at radius 2 is 1.88 bits per heavy atom. The van der Waals surface area contributed by atoms with Gasteiger partial charge in [0, 0.05) is 50.3 Å². The van der Waals surface area contributed by atoms with Crippen LogP contribution in [-0.4, -0.2) is 54.5 Å². The molecule has 7 nitrogen and oxygen atoms in total. The Morgan fingerprint density at radius 1 is 1.19 bits per heavy atom. The number of hydrogen-bond donors (Lipinski definition) is 1. The first kappa shape index (κ1) is 18.6. The summed E-state index contributed by atoms with van der Waals surface area (Å²) in [7, 11) is 0. The molecule has 1 atom stereocenters. The molecule has 1 aromatic heterocycles. The number of aromatic nitrogens is 1. The molecule has 0 aromatic carbocycles. The molecule has 1 aliphatic heterocycles. The van der Waals surface area contributed by atoms with Crippen LogP contribution in [0, 0.1) is 5.92 Å². The highest BCUT2D eigenvalue weighted by atomic mass is 16.7. The number of nitrogens with one attached hydrogen (secondary N) is 1. The normalized spacial score (nSPS) is 20.4. The van der Waals surface area contributed by atoms with Crippen molar-refractivity contribution in [3.8, 4) is 0 Å². The fourth-order valence-electron chi connectivity index (χ4n) is 4.28. The van der Waals surface area contributed by atoms with E-state index in [1.54, 1.807) is 0 Å². The van der Waals surface area contributed by atoms with Crippen LogP contribution < -0.4 is 10.4 Å². The molecule has 7 heteroatoms. The zero-order valence-corrected chi connectivity index (χ0v) is 15.2. The van der Waals surface area contributed by atoms with Crippen LogP contribution in [0.15, 0.2) is 24.5 Å². The monoisotopic (exact) mass is 360 g/mol. The van der Waals surface area contributed by atoms with Gasteiger partial charge in [-0.05, 0) is 30.9 Å². The summed E-state index contributed by atoms with van der Waals surface area (Å²) in [6, 6.07) is 4.27. The van der Waals surface area contributed by atoms with Crippen LogP contribution in [0.1, 0.15) is 38.5 Å². The largest absolute Gasteiger partial charge is 0.369 e. The molecule has 2 aliphatic rings. The highest BCUT2D eigenvalue weighted by Crippen LogP contribution is 2.31. The summed E-state index contributed by atoms with van der Waals surface area (Å²) >= 11 is 0. The second kappa shape index (κ2) is 9.52. The number of carbonyl (C=O) groups is 2. The molecule has 2 fully saturated rings. The average Bonchev–Trinajstić information content (AvgIpc) is 2.72. The third-order valence-corrected chi connectivity index (χ3v) is 5.60. The van der Waals surface area contributed by atoms with E-state index in [0.29, 0.717) is 18.7 Å². The van der Waals surface area contributed by atoms with Crippen molar-refractivity contribution in [2.45, 2.75) is 44.6 Å². The number of rotatable bonds is 7. The predicted octanol–water partition coefficient (Wildman–Crippen LogP) is 1.75. The summed E-state index contributed by atoms with van der Waals surface area (Å²) in [5.41, 5.74) is 3.22. The van der Waals surface area contributed by atoms with Gasteiger partial charge in [0.1, 0.15) is 0 Å². The molecular formula is C19H28N4O3. The van der Waals surface area contributed by atoms with Crippen LogP contribution in [0.4, 0.5) is 5.69 Å². The van der Waals surface area contributed by atoms with Crippen molar-refractivity contribution in [2.75, 3.05) is 31.1 Å². The van der Waals surface area contributed by atoms with Gasteiger partial charge in [-0.25, -0.2) is 4.79 Å². The van der Waals surface area contributed by atoms with Gasteiger partial charge in [0.25, 0.3) is 0 Å². The summed E-state index contributed by atoms with van der Waals surface area (Å²) in [6.07, 6.45) is 10.5. The van der Waals surface area contributed by atoms with Gasteiger partial charge < -0.3 is 9.74 Å². The van der Waals surface area contributed by atoms with Gasteiger partial charge in [-0.15, -0.1) is 0 Å². The first-order chi connectivity index (χ1) is 12.8. The molecular weight excluding hydrogens is 332 g/mol. The molecule has 1 saturated heterocycles. The number of hydrogen-bond acceptors (Lipinski definition) is 6. The summed E-state index contributed by atoms with van der Waals surface area (Å²) in [5, 5.41) is 0. The topological polar surface area (TPSA) is 74.8 Å². The molecule has 1 saturated carbocycles. The Kier molecular flexibility index (Phi) is 6.82. The van der Waals surface area contributed by atoms with Gasteiger partial charge in [-0.1, -0.05) is 19.3 Å². The Hall–Kier alpha value is -2.15. The first-order valence-electron chi connectivity index (χ1n) is 9.56. The minimum Gasteiger partial charge on any atom is -0.369 e. The Morgan fingerprint density at radius 3 is 2.54 bits per heavy atom. The summed E-state index contributed by atoms with van der Waals surface area (Å²) in [6.45, 7) is 3.74. The van der Waals surface area contributed by atoms with E-state index < -0.39 is 0 Å². The Bertz CT molecular complexity index is 569. The van der Waals surface area contributed by atoms with Crippen molar-refractivity contribution in [2.24, 2.45) is 5.92 Å². The maximum atomic E-state index is 12.1. The number of hydroxylamine groups is 1. The van der Waals surface area contributed by atoms with Crippen LogP contribution >= 0.6 is 0 Å². The second-order valence-electron chi connectivity index (χ2n) is 7.11. The van der Waals surface area contributed by atoms with Crippen LogP contribution in [0.3, 0.4) is 0 Å². The predicted molar refractivity (Wildman–Crippen MR) is 98.3 cm³/mol. The zero-order chi connectivity index (χ0) is 18.2. The van der Waals surface area contributed by atoms with E-state index in [2.05, 4.69) is 14.8 Å². The van der Waals surface area contributed by atoms with Gasteiger partial charge >= 0.3 is 5.97 Å². The minimum atomic E-state index is -0.357. The molecule has 1 aliphatic carbocycles. The van der Waals surface area contributed by atoms with E-state index in [0.717, 1.165) is 26.2 Å². The molecule has 1 aromatic rings. The van der Waals surface area contributed by atoms with E-state index >= 15 is 0 Å². The van der Waals surface area contributed by atoms with Crippen LogP contribution in [0.25, 0.3) is 0 Å². The Labute approximate surface area is 154 Å². The van der Waals surface area contributed by atoms with Crippen molar-refractivity contribution < 1.29 is 14.4 Å². The van der Waals surface area contributed by atoms with Gasteiger partial charge in [0.15, 0.2) is 0 Å². The fourth-order valence-corrected chi connectivity index (χ4v) is 4.28. The van der Waals surface area contributed by atoms with E-state index in [1.165, 1.54) is 37.8 Å². The molecule has 1 amide bonds. The Balaban J connectivity index is 1.61. The van der Waals surface area contributed by atoms with Crippen molar-refractivity contribution in [1.82, 2.24) is 15.4 Å². The number of carbonyl (C=O) groups excluding carboxylic acids is 2. The highest BCUT2D eigenvalue weighted by molar-refractivity contribution is 5.71. The van der Waals surface area contributed by atoms with Gasteiger partial charge in [0.2, 0.25) is 6.41 Å². The maximum Gasteiger partial charge on any atom is 0.333 e.